The summed E-state index contributed by atoms with van der Waals surface area (Å²) in [4.78, 5) is 0. The van der Waals surface area contributed by atoms with Gasteiger partial charge in [-0.25, -0.2) is 0 Å². The van der Waals surface area contributed by atoms with E-state index in [-0.39, 0.29) is 11.4 Å². The van der Waals surface area contributed by atoms with Crippen LogP contribution < -0.4 is 20.9 Å². The van der Waals surface area contributed by atoms with Gasteiger partial charge in [0.15, 0.2) is 0 Å². The van der Waals surface area contributed by atoms with Crippen molar-refractivity contribution in [2.75, 3.05) is 11.5 Å². The number of hydrogen-bond acceptors (Lipinski definition) is 4. The van der Waals surface area contributed by atoms with E-state index in [0.717, 1.165) is 24.3 Å². The van der Waals surface area contributed by atoms with E-state index in [0.29, 0.717) is 0 Å². The second-order valence-corrected chi connectivity index (χ2v) is 5.73. The highest BCUT2D eigenvalue weighted by atomic mass is 19.3. The summed E-state index contributed by atoms with van der Waals surface area (Å²) >= 11 is 0. The van der Waals surface area contributed by atoms with Crippen LogP contribution in [-0.2, 0) is 0 Å². The first kappa shape index (κ1) is 18.7. The van der Waals surface area contributed by atoms with Crippen LogP contribution in [0.5, 0.6) is 11.5 Å². The maximum atomic E-state index is 14.2. The normalized spacial score (nSPS) is 19.8. The Morgan fingerprint density at radius 3 is 1.33 bits per heavy atom. The lowest BCUT2D eigenvalue weighted by atomic mass is 10.1. The molecule has 0 radical (unpaired) electrons. The molecule has 0 aromatic heterocycles. The number of alkyl halides is 6. The molecule has 0 atom stereocenters. The third-order valence-electron chi connectivity index (χ3n) is 3.72. The predicted molar refractivity (Wildman–Crippen MR) is 84.8 cm³/mol. The van der Waals surface area contributed by atoms with Crippen molar-refractivity contribution >= 4 is 11.4 Å². The van der Waals surface area contributed by atoms with E-state index in [4.69, 9.17) is 20.9 Å². The lowest BCUT2D eigenvalue weighted by Crippen LogP contribution is -2.50. The van der Waals surface area contributed by atoms with Crippen LogP contribution in [0, 0.1) is 0 Å². The monoisotopic (exact) mass is 390 g/mol. The highest BCUT2D eigenvalue weighted by molar-refractivity contribution is 5.48. The molecule has 144 valence electrons. The molecule has 3 rings (SSSR count). The Kier molecular flexibility index (Phi) is 4.16. The first-order valence-corrected chi connectivity index (χ1v) is 7.42. The van der Waals surface area contributed by atoms with Crippen molar-refractivity contribution in [2.45, 2.75) is 17.8 Å². The van der Waals surface area contributed by atoms with Gasteiger partial charge in [-0.15, -0.1) is 0 Å². The SMILES string of the molecule is Nc1cccc(OC2=C(Oc3cccc(N)c3)C(F)(F)C(F)(F)C2(F)F)c1. The van der Waals surface area contributed by atoms with Gasteiger partial charge in [0.1, 0.15) is 11.5 Å². The van der Waals surface area contributed by atoms with Gasteiger partial charge >= 0.3 is 17.8 Å². The molecule has 0 amide bonds. The highest BCUT2D eigenvalue weighted by Gasteiger charge is 2.83. The molecule has 0 heterocycles. The molecule has 10 heteroatoms. The van der Waals surface area contributed by atoms with Gasteiger partial charge in [-0.1, -0.05) is 12.1 Å². The number of anilines is 2. The van der Waals surface area contributed by atoms with Crippen LogP contribution in [0.1, 0.15) is 0 Å². The van der Waals surface area contributed by atoms with Gasteiger partial charge in [0, 0.05) is 23.5 Å². The van der Waals surface area contributed by atoms with Crippen LogP contribution in [0.2, 0.25) is 0 Å². The van der Waals surface area contributed by atoms with Crippen molar-refractivity contribution in [1.82, 2.24) is 0 Å². The van der Waals surface area contributed by atoms with Crippen molar-refractivity contribution in [3.8, 4) is 11.5 Å². The van der Waals surface area contributed by atoms with E-state index in [1.807, 2.05) is 0 Å². The van der Waals surface area contributed by atoms with Gasteiger partial charge in [-0.2, -0.15) is 26.3 Å². The number of allylic oxidation sites excluding steroid dienone is 2. The van der Waals surface area contributed by atoms with Gasteiger partial charge in [0.05, 0.1) is 0 Å². The Morgan fingerprint density at radius 1 is 0.630 bits per heavy atom. The zero-order valence-corrected chi connectivity index (χ0v) is 13.4. The maximum Gasteiger partial charge on any atom is 0.387 e. The average Bonchev–Trinajstić information content (AvgIpc) is 2.65. The Labute approximate surface area is 149 Å². The summed E-state index contributed by atoms with van der Waals surface area (Å²) in [5.74, 6) is -21.3. The summed E-state index contributed by atoms with van der Waals surface area (Å²) in [6, 6.07) is 9.47. The first-order chi connectivity index (χ1) is 12.5. The molecule has 1 aliphatic rings. The number of ether oxygens (including phenoxy) is 2. The second kappa shape index (κ2) is 6.00. The quantitative estimate of drug-likeness (QED) is 0.598. The minimum Gasteiger partial charge on any atom is -0.451 e. The zero-order valence-electron chi connectivity index (χ0n) is 13.4. The minimum absolute atomic E-state index is 0.0474. The summed E-state index contributed by atoms with van der Waals surface area (Å²) in [6.07, 6.45) is 0. The van der Waals surface area contributed by atoms with Gasteiger partial charge in [0.25, 0.3) is 0 Å². The van der Waals surface area contributed by atoms with E-state index in [1.54, 1.807) is 0 Å². The van der Waals surface area contributed by atoms with Crippen LogP contribution in [0.15, 0.2) is 60.0 Å². The number of nitrogen functional groups attached to an aromatic ring is 2. The van der Waals surface area contributed by atoms with Crippen molar-refractivity contribution in [1.29, 1.82) is 0 Å². The Morgan fingerprint density at radius 2 is 1.00 bits per heavy atom. The van der Waals surface area contributed by atoms with Crippen LogP contribution in [0.25, 0.3) is 0 Å². The minimum atomic E-state index is -5.77. The molecule has 0 fully saturated rings. The molecule has 0 saturated carbocycles. The van der Waals surface area contributed by atoms with Crippen LogP contribution in [0.3, 0.4) is 0 Å². The predicted octanol–water partition coefficient (Wildman–Crippen LogP) is 4.44. The molecule has 0 aliphatic heterocycles. The smallest absolute Gasteiger partial charge is 0.387 e. The Hall–Kier alpha value is -3.04. The Bertz CT molecular complexity index is 842. The molecule has 2 aromatic rings. The van der Waals surface area contributed by atoms with E-state index >= 15 is 0 Å². The molecular weight excluding hydrogens is 378 g/mol. The average molecular weight is 390 g/mol. The molecule has 2 aromatic carbocycles. The highest BCUT2D eigenvalue weighted by Crippen LogP contribution is 2.59. The maximum absolute atomic E-state index is 14.2. The summed E-state index contributed by atoms with van der Waals surface area (Å²) in [7, 11) is 0. The van der Waals surface area contributed by atoms with E-state index in [9.17, 15) is 26.3 Å². The molecule has 4 N–H and O–H groups in total. The van der Waals surface area contributed by atoms with E-state index < -0.39 is 40.8 Å². The summed E-state index contributed by atoms with van der Waals surface area (Å²) in [6.45, 7) is 0. The van der Waals surface area contributed by atoms with Crippen LogP contribution in [-0.4, -0.2) is 17.8 Å². The Balaban J connectivity index is 2.13. The summed E-state index contributed by atoms with van der Waals surface area (Å²) in [5, 5.41) is 0. The van der Waals surface area contributed by atoms with Crippen molar-refractivity contribution < 1.29 is 35.8 Å². The van der Waals surface area contributed by atoms with Crippen molar-refractivity contribution in [3.63, 3.8) is 0 Å². The molecule has 0 saturated heterocycles. The van der Waals surface area contributed by atoms with Gasteiger partial charge in [0.2, 0.25) is 11.5 Å². The number of benzene rings is 2. The molecule has 27 heavy (non-hydrogen) atoms. The molecule has 0 bridgehead atoms. The summed E-state index contributed by atoms with van der Waals surface area (Å²) < 4.78 is 93.6. The first-order valence-electron chi connectivity index (χ1n) is 7.42. The van der Waals surface area contributed by atoms with Crippen molar-refractivity contribution in [3.05, 3.63) is 60.0 Å². The largest absolute Gasteiger partial charge is 0.451 e. The number of rotatable bonds is 4. The van der Waals surface area contributed by atoms with Crippen LogP contribution >= 0.6 is 0 Å². The number of halogens is 6. The van der Waals surface area contributed by atoms with E-state index in [1.165, 1.54) is 24.3 Å². The fraction of sp³-hybridized carbons (Fsp3) is 0.176. The molecule has 0 unspecified atom stereocenters. The lowest BCUT2D eigenvalue weighted by molar-refractivity contribution is -0.273. The fourth-order valence-corrected chi connectivity index (χ4v) is 2.38. The zero-order chi connectivity index (χ0) is 20.0. The topological polar surface area (TPSA) is 70.5 Å². The van der Waals surface area contributed by atoms with Crippen LogP contribution in [0.4, 0.5) is 37.7 Å². The van der Waals surface area contributed by atoms with Crippen molar-refractivity contribution in [2.24, 2.45) is 0 Å². The molecular formula is C17H12F6N2O2. The van der Waals surface area contributed by atoms with E-state index in [2.05, 4.69) is 0 Å². The lowest BCUT2D eigenvalue weighted by Gasteiger charge is -2.24. The van der Waals surface area contributed by atoms with Gasteiger partial charge in [-0.3, -0.25) is 0 Å². The molecule has 1 aliphatic carbocycles. The summed E-state index contributed by atoms with van der Waals surface area (Å²) in [5.41, 5.74) is 11.0. The standard InChI is InChI=1S/C17H12F6N2O2/c18-15(19)13(26-11-5-1-3-9(24)7-11)14(16(20,21)17(15,22)23)27-12-6-2-4-10(25)8-12/h1-8H,24-25H2. The molecule has 0 spiro atoms. The third kappa shape index (κ3) is 2.90. The van der Waals surface area contributed by atoms with Gasteiger partial charge < -0.3 is 20.9 Å². The third-order valence-corrected chi connectivity index (χ3v) is 3.72. The van der Waals surface area contributed by atoms with Gasteiger partial charge in [-0.05, 0) is 24.3 Å². The second-order valence-electron chi connectivity index (χ2n) is 5.73. The number of hydrogen-bond donors (Lipinski definition) is 2. The number of nitrogens with two attached hydrogens (primary N) is 2. The molecule has 4 nitrogen and oxygen atoms in total. The fourth-order valence-electron chi connectivity index (χ4n) is 2.38.